The van der Waals surface area contributed by atoms with Gasteiger partial charge in [0, 0.05) is 6.54 Å². The largest absolute Gasteiger partial charge is 0.573 e. The van der Waals surface area contributed by atoms with Crippen LogP contribution in [0.3, 0.4) is 0 Å². The van der Waals surface area contributed by atoms with Crippen molar-refractivity contribution in [2.24, 2.45) is 0 Å². The summed E-state index contributed by atoms with van der Waals surface area (Å²) in [4.78, 5) is 11.5. The predicted octanol–water partition coefficient (Wildman–Crippen LogP) is 5.63. The molecular formula is C27H26F3NO6S. The Morgan fingerprint density at radius 3 is 2.42 bits per heavy atom. The first-order chi connectivity index (χ1) is 17.7. The summed E-state index contributed by atoms with van der Waals surface area (Å²) in [6, 6.07) is 16.4. The standard InChI is InChI=1S/C27H26F3NO6S/c1-26(2)12-11-21-15-23(9-10-24(21)37-26)38(34,35)31(17-25(32)33)16-18-5-3-6-19(13-18)20-7-4-8-22(14-20)36-27(28,29)30/h3-10,13-15H,11-12,16-17H2,1-2H3,(H,32,33). The van der Waals surface area contributed by atoms with Crippen LogP contribution in [-0.2, 0) is 27.8 Å². The summed E-state index contributed by atoms with van der Waals surface area (Å²) in [5, 5.41) is 9.45. The first-order valence-corrected chi connectivity index (χ1v) is 13.1. The number of carboxylic acids is 1. The minimum Gasteiger partial charge on any atom is -0.488 e. The Hall–Kier alpha value is -3.57. The monoisotopic (exact) mass is 549 g/mol. The van der Waals surface area contributed by atoms with Gasteiger partial charge in [-0.1, -0.05) is 30.3 Å². The lowest BCUT2D eigenvalue weighted by Gasteiger charge is -2.33. The van der Waals surface area contributed by atoms with Crippen molar-refractivity contribution >= 4 is 16.0 Å². The zero-order valence-electron chi connectivity index (χ0n) is 20.7. The molecule has 4 rings (SSSR count). The number of halogens is 3. The van der Waals surface area contributed by atoms with Crippen molar-refractivity contribution in [3.8, 4) is 22.6 Å². The molecule has 0 fully saturated rings. The maximum Gasteiger partial charge on any atom is 0.573 e. The van der Waals surface area contributed by atoms with Crippen molar-refractivity contribution < 1.29 is 41.0 Å². The van der Waals surface area contributed by atoms with Crippen LogP contribution in [0.25, 0.3) is 11.1 Å². The van der Waals surface area contributed by atoms with Crippen LogP contribution in [0.1, 0.15) is 31.4 Å². The summed E-state index contributed by atoms with van der Waals surface area (Å²) < 4.78 is 75.7. The quantitative estimate of drug-likeness (QED) is 0.392. The van der Waals surface area contributed by atoms with Crippen LogP contribution in [0.15, 0.2) is 71.6 Å². The molecule has 1 aliphatic heterocycles. The Kier molecular flexibility index (Phi) is 7.44. The molecule has 0 radical (unpaired) electrons. The maximum absolute atomic E-state index is 13.5. The fraction of sp³-hybridized carbons (Fsp3) is 0.296. The summed E-state index contributed by atoms with van der Waals surface area (Å²) in [7, 11) is -4.21. The second-order valence-electron chi connectivity index (χ2n) is 9.57. The van der Waals surface area contributed by atoms with Crippen molar-refractivity contribution in [2.45, 2.75) is 50.1 Å². The van der Waals surface area contributed by atoms with E-state index in [1.807, 2.05) is 13.8 Å². The lowest BCUT2D eigenvalue weighted by molar-refractivity contribution is -0.274. The third kappa shape index (κ3) is 6.65. The topological polar surface area (TPSA) is 93.1 Å². The third-order valence-corrected chi connectivity index (χ3v) is 7.84. The minimum absolute atomic E-state index is 0.0473. The fourth-order valence-electron chi connectivity index (χ4n) is 4.25. The SMILES string of the molecule is CC1(C)CCc2cc(S(=O)(=O)N(CC(=O)O)Cc3cccc(-c4cccc(OC(F)(F)F)c4)c3)ccc2O1. The van der Waals surface area contributed by atoms with Crippen molar-refractivity contribution in [1.29, 1.82) is 0 Å². The first-order valence-electron chi connectivity index (χ1n) is 11.7. The van der Waals surface area contributed by atoms with Crippen LogP contribution in [0.5, 0.6) is 11.5 Å². The molecule has 0 bridgehead atoms. The molecule has 202 valence electrons. The molecule has 3 aromatic rings. The summed E-state index contributed by atoms with van der Waals surface area (Å²) in [5.74, 6) is -1.13. The molecule has 0 amide bonds. The van der Waals surface area contributed by atoms with Crippen LogP contribution in [0, 0.1) is 0 Å². The van der Waals surface area contributed by atoms with E-state index in [1.165, 1.54) is 30.3 Å². The second kappa shape index (κ2) is 10.3. The van der Waals surface area contributed by atoms with Gasteiger partial charge in [-0.25, -0.2) is 8.42 Å². The summed E-state index contributed by atoms with van der Waals surface area (Å²) in [5.41, 5.74) is 1.74. The van der Waals surface area contributed by atoms with E-state index in [0.717, 1.165) is 9.87 Å². The number of ether oxygens (including phenoxy) is 2. The van der Waals surface area contributed by atoms with Gasteiger partial charge in [-0.3, -0.25) is 4.79 Å². The zero-order chi connectivity index (χ0) is 27.7. The Morgan fingerprint density at radius 2 is 1.74 bits per heavy atom. The molecule has 11 heteroatoms. The minimum atomic E-state index is -4.84. The molecule has 3 aromatic carbocycles. The molecule has 1 N–H and O–H groups in total. The van der Waals surface area contributed by atoms with E-state index in [9.17, 15) is 31.5 Å². The molecule has 38 heavy (non-hydrogen) atoms. The Labute approximate surface area is 218 Å². The highest BCUT2D eigenvalue weighted by Gasteiger charge is 2.32. The molecule has 0 atom stereocenters. The molecule has 0 aliphatic carbocycles. The van der Waals surface area contributed by atoms with Gasteiger partial charge in [-0.2, -0.15) is 4.31 Å². The number of aryl methyl sites for hydroxylation is 1. The highest BCUT2D eigenvalue weighted by Crippen LogP contribution is 2.35. The van der Waals surface area contributed by atoms with E-state index in [0.29, 0.717) is 35.3 Å². The van der Waals surface area contributed by atoms with Crippen LogP contribution < -0.4 is 9.47 Å². The van der Waals surface area contributed by atoms with Crippen molar-refractivity contribution in [2.75, 3.05) is 6.54 Å². The number of carbonyl (C=O) groups is 1. The highest BCUT2D eigenvalue weighted by atomic mass is 32.2. The summed E-state index contributed by atoms with van der Waals surface area (Å²) in [6.07, 6.45) is -3.53. The van der Waals surface area contributed by atoms with Crippen LogP contribution in [0.4, 0.5) is 13.2 Å². The van der Waals surface area contributed by atoms with E-state index in [1.54, 1.807) is 36.4 Å². The van der Waals surface area contributed by atoms with Gasteiger partial charge in [0.25, 0.3) is 0 Å². The summed E-state index contributed by atoms with van der Waals surface area (Å²) in [6.45, 7) is 2.86. The number of rotatable bonds is 8. The zero-order valence-corrected chi connectivity index (χ0v) is 21.5. The van der Waals surface area contributed by atoms with Crippen LogP contribution >= 0.6 is 0 Å². The van der Waals surface area contributed by atoms with Gasteiger partial charge < -0.3 is 14.6 Å². The fourth-order valence-corrected chi connectivity index (χ4v) is 5.68. The smallest absolute Gasteiger partial charge is 0.488 e. The van der Waals surface area contributed by atoms with Gasteiger partial charge in [0.2, 0.25) is 10.0 Å². The van der Waals surface area contributed by atoms with Crippen molar-refractivity contribution in [3.63, 3.8) is 0 Å². The van der Waals surface area contributed by atoms with E-state index in [-0.39, 0.29) is 17.0 Å². The predicted molar refractivity (Wildman–Crippen MR) is 133 cm³/mol. The molecule has 0 unspecified atom stereocenters. The average Bonchev–Trinajstić information content (AvgIpc) is 2.82. The van der Waals surface area contributed by atoms with Crippen molar-refractivity contribution in [1.82, 2.24) is 4.31 Å². The third-order valence-electron chi connectivity index (χ3n) is 6.05. The molecule has 1 aliphatic rings. The highest BCUT2D eigenvalue weighted by molar-refractivity contribution is 7.89. The number of hydrogen-bond donors (Lipinski definition) is 1. The first kappa shape index (κ1) is 27.5. The molecule has 7 nitrogen and oxygen atoms in total. The number of aliphatic carboxylic acids is 1. The maximum atomic E-state index is 13.5. The average molecular weight is 550 g/mol. The lowest BCUT2D eigenvalue weighted by atomic mass is 9.94. The number of nitrogens with zero attached hydrogens (tertiary/aromatic N) is 1. The van der Waals surface area contributed by atoms with Crippen LogP contribution in [-0.4, -0.2) is 42.3 Å². The van der Waals surface area contributed by atoms with Gasteiger partial charge >= 0.3 is 12.3 Å². The van der Waals surface area contributed by atoms with Crippen molar-refractivity contribution in [3.05, 3.63) is 77.9 Å². The molecule has 0 saturated carbocycles. The molecular weight excluding hydrogens is 523 g/mol. The number of carboxylic acid groups (broad SMARTS) is 1. The normalized spacial score (nSPS) is 15.0. The lowest BCUT2D eigenvalue weighted by Crippen LogP contribution is -2.36. The molecule has 0 aromatic heterocycles. The number of sulfonamides is 1. The van der Waals surface area contributed by atoms with E-state index >= 15 is 0 Å². The number of alkyl halides is 3. The number of fused-ring (bicyclic) bond motifs is 1. The van der Waals surface area contributed by atoms with Gasteiger partial charge in [0.05, 0.1) is 4.90 Å². The molecule has 0 saturated heterocycles. The molecule has 0 spiro atoms. The Balaban J connectivity index is 1.62. The Bertz CT molecular complexity index is 1450. The van der Waals surface area contributed by atoms with Gasteiger partial charge in [-0.05, 0) is 85.3 Å². The summed E-state index contributed by atoms with van der Waals surface area (Å²) >= 11 is 0. The van der Waals surface area contributed by atoms with Gasteiger partial charge in [0.1, 0.15) is 23.6 Å². The van der Waals surface area contributed by atoms with Gasteiger partial charge in [-0.15, -0.1) is 13.2 Å². The van der Waals surface area contributed by atoms with Gasteiger partial charge in [0.15, 0.2) is 0 Å². The van der Waals surface area contributed by atoms with E-state index in [2.05, 4.69) is 4.74 Å². The number of hydrogen-bond acceptors (Lipinski definition) is 5. The van der Waals surface area contributed by atoms with E-state index in [4.69, 9.17) is 4.74 Å². The van der Waals surface area contributed by atoms with E-state index < -0.39 is 34.6 Å². The number of benzene rings is 3. The Morgan fingerprint density at radius 1 is 1.05 bits per heavy atom. The van der Waals surface area contributed by atoms with Crippen LogP contribution in [0.2, 0.25) is 0 Å². The molecule has 1 heterocycles. The second-order valence-corrected chi connectivity index (χ2v) is 11.5.